The van der Waals surface area contributed by atoms with Gasteiger partial charge in [-0.15, -0.1) is 0 Å². The predicted octanol–water partition coefficient (Wildman–Crippen LogP) is 3.24. The van der Waals surface area contributed by atoms with Crippen LogP contribution in [-0.2, 0) is 6.54 Å². The molecule has 0 saturated heterocycles. The van der Waals surface area contributed by atoms with Crippen LogP contribution >= 0.6 is 0 Å². The first-order valence-electron chi connectivity index (χ1n) is 8.68. The molecule has 0 aliphatic rings. The van der Waals surface area contributed by atoms with E-state index in [1.165, 1.54) is 0 Å². The summed E-state index contributed by atoms with van der Waals surface area (Å²) in [6, 6.07) is 18.5. The Morgan fingerprint density at radius 2 is 2.00 bits per heavy atom. The molecule has 0 radical (unpaired) electrons. The van der Waals surface area contributed by atoms with E-state index < -0.39 is 0 Å². The van der Waals surface area contributed by atoms with Gasteiger partial charge in [-0.3, -0.25) is 9.48 Å². The Kier molecular flexibility index (Phi) is 6.16. The number of nitrogens with one attached hydrogen (secondary N) is 1. The highest BCUT2D eigenvalue weighted by Crippen LogP contribution is 2.23. The number of hydrogen-bond donors (Lipinski definition) is 1. The Balaban J connectivity index is 1.82. The van der Waals surface area contributed by atoms with Crippen LogP contribution < -0.4 is 10.2 Å². The van der Waals surface area contributed by atoms with Gasteiger partial charge in [0.1, 0.15) is 11.4 Å². The fourth-order valence-corrected chi connectivity index (χ4v) is 2.60. The third-order valence-electron chi connectivity index (χ3n) is 4.01. The maximum atomic E-state index is 12.1. The van der Waals surface area contributed by atoms with Crippen LogP contribution in [0.5, 0.6) is 5.75 Å². The molecule has 2 aromatic carbocycles. The lowest BCUT2D eigenvalue weighted by Gasteiger charge is -2.02. The van der Waals surface area contributed by atoms with E-state index in [4.69, 9.17) is 10.00 Å². The number of amides is 1. The first-order valence-corrected chi connectivity index (χ1v) is 8.68. The van der Waals surface area contributed by atoms with E-state index in [1.54, 1.807) is 48.5 Å². The van der Waals surface area contributed by atoms with Gasteiger partial charge in [-0.25, -0.2) is 5.43 Å². The molecular formula is C21H19N5O2. The molecular weight excluding hydrogens is 354 g/mol. The molecule has 0 aliphatic heterocycles. The largest absolute Gasteiger partial charge is 0.497 e. The summed E-state index contributed by atoms with van der Waals surface area (Å²) in [5.41, 5.74) is 5.37. The standard InChI is InChI=1S/C21H19N5O2/c1-28-19-10-8-16(9-11-19)20-18(15-26(25-20)13-5-12-22)14-23-24-21(27)17-6-3-2-4-7-17/h2-4,6-11,14-15H,5,13H2,1H3,(H,24,27)/b23-14+. The highest BCUT2D eigenvalue weighted by atomic mass is 16.5. The van der Waals surface area contributed by atoms with E-state index in [0.717, 1.165) is 16.9 Å². The summed E-state index contributed by atoms with van der Waals surface area (Å²) in [7, 11) is 1.61. The number of hydrogen-bond acceptors (Lipinski definition) is 5. The maximum absolute atomic E-state index is 12.1. The quantitative estimate of drug-likeness (QED) is 0.508. The second-order valence-electron chi connectivity index (χ2n) is 5.90. The average Bonchev–Trinajstić information content (AvgIpc) is 3.15. The Morgan fingerprint density at radius 1 is 1.25 bits per heavy atom. The Labute approximate surface area is 162 Å². The van der Waals surface area contributed by atoms with Crippen LogP contribution in [0.4, 0.5) is 0 Å². The van der Waals surface area contributed by atoms with Crippen molar-refractivity contribution in [1.82, 2.24) is 15.2 Å². The van der Waals surface area contributed by atoms with E-state index in [9.17, 15) is 4.79 Å². The van der Waals surface area contributed by atoms with Crippen LogP contribution in [0.25, 0.3) is 11.3 Å². The zero-order valence-electron chi connectivity index (χ0n) is 15.4. The predicted molar refractivity (Wildman–Crippen MR) is 106 cm³/mol. The SMILES string of the molecule is COc1ccc(-c2nn(CCC#N)cc2/C=N/NC(=O)c2ccccc2)cc1. The number of methoxy groups -OCH3 is 1. The topological polar surface area (TPSA) is 92.3 Å². The zero-order chi connectivity index (χ0) is 19.8. The molecule has 140 valence electrons. The fourth-order valence-electron chi connectivity index (χ4n) is 2.60. The van der Waals surface area contributed by atoms with E-state index in [0.29, 0.717) is 24.2 Å². The van der Waals surface area contributed by atoms with E-state index >= 15 is 0 Å². The van der Waals surface area contributed by atoms with Crippen molar-refractivity contribution in [2.45, 2.75) is 13.0 Å². The van der Waals surface area contributed by atoms with Crippen molar-refractivity contribution in [1.29, 1.82) is 5.26 Å². The van der Waals surface area contributed by atoms with E-state index in [1.807, 2.05) is 30.3 Å². The molecule has 0 aliphatic carbocycles. The van der Waals surface area contributed by atoms with Crippen LogP contribution in [0.1, 0.15) is 22.3 Å². The summed E-state index contributed by atoms with van der Waals surface area (Å²) < 4.78 is 6.89. The second-order valence-corrected chi connectivity index (χ2v) is 5.90. The summed E-state index contributed by atoms with van der Waals surface area (Å²) in [5.74, 6) is 0.456. The van der Waals surface area contributed by atoms with Gasteiger partial charge in [0.2, 0.25) is 0 Å². The Bertz CT molecular complexity index is 1000. The van der Waals surface area contributed by atoms with Crippen LogP contribution in [0.3, 0.4) is 0 Å². The number of aromatic nitrogens is 2. The minimum absolute atomic E-state index is 0.292. The van der Waals surface area contributed by atoms with Crippen molar-refractivity contribution in [3.05, 3.63) is 71.9 Å². The second kappa shape index (κ2) is 9.14. The first-order chi connectivity index (χ1) is 13.7. The third kappa shape index (κ3) is 4.62. The molecule has 3 aromatic rings. The summed E-state index contributed by atoms with van der Waals surface area (Å²) in [6.45, 7) is 0.476. The maximum Gasteiger partial charge on any atom is 0.271 e. The molecule has 1 aromatic heterocycles. The van der Waals surface area contributed by atoms with Gasteiger partial charge in [0, 0.05) is 22.9 Å². The van der Waals surface area contributed by atoms with Gasteiger partial charge < -0.3 is 4.74 Å². The molecule has 0 fully saturated rings. The van der Waals surface area contributed by atoms with Crippen molar-refractivity contribution < 1.29 is 9.53 Å². The number of nitrogens with zero attached hydrogens (tertiary/aromatic N) is 4. The first kappa shape index (κ1) is 18.9. The van der Waals surface area contributed by atoms with Gasteiger partial charge in [0.25, 0.3) is 5.91 Å². The minimum Gasteiger partial charge on any atom is -0.497 e. The molecule has 1 heterocycles. The molecule has 3 rings (SSSR count). The molecule has 7 heteroatoms. The van der Waals surface area contributed by atoms with Crippen molar-refractivity contribution >= 4 is 12.1 Å². The summed E-state index contributed by atoms with van der Waals surface area (Å²) in [4.78, 5) is 12.1. The lowest BCUT2D eigenvalue weighted by atomic mass is 10.1. The average molecular weight is 373 g/mol. The molecule has 0 spiro atoms. The third-order valence-corrected chi connectivity index (χ3v) is 4.01. The lowest BCUT2D eigenvalue weighted by molar-refractivity contribution is 0.0955. The number of carbonyl (C=O) groups is 1. The van der Waals surface area contributed by atoms with Gasteiger partial charge >= 0.3 is 0 Å². The molecule has 1 amide bonds. The zero-order valence-corrected chi connectivity index (χ0v) is 15.4. The molecule has 0 atom stereocenters. The van der Waals surface area contributed by atoms with Crippen LogP contribution in [-0.4, -0.2) is 29.0 Å². The highest BCUT2D eigenvalue weighted by molar-refractivity contribution is 5.95. The van der Waals surface area contributed by atoms with Gasteiger partial charge in [-0.2, -0.15) is 15.5 Å². The van der Waals surface area contributed by atoms with E-state index in [2.05, 4.69) is 21.7 Å². The summed E-state index contributed by atoms with van der Waals surface area (Å²) in [5, 5.41) is 17.4. The summed E-state index contributed by atoms with van der Waals surface area (Å²) >= 11 is 0. The van der Waals surface area contributed by atoms with Gasteiger partial charge in [0.15, 0.2) is 0 Å². The number of carbonyl (C=O) groups excluding carboxylic acids is 1. The van der Waals surface area contributed by atoms with E-state index in [-0.39, 0.29) is 5.91 Å². The van der Waals surface area contributed by atoms with Crippen molar-refractivity contribution in [3.63, 3.8) is 0 Å². The molecule has 0 bridgehead atoms. The number of benzene rings is 2. The van der Waals surface area contributed by atoms with Crippen molar-refractivity contribution in [2.75, 3.05) is 7.11 Å². The molecule has 1 N–H and O–H groups in total. The fraction of sp³-hybridized carbons (Fsp3) is 0.143. The Morgan fingerprint density at radius 3 is 2.68 bits per heavy atom. The van der Waals surface area contributed by atoms with Crippen LogP contribution in [0.2, 0.25) is 0 Å². The molecule has 0 unspecified atom stereocenters. The molecule has 7 nitrogen and oxygen atoms in total. The number of ether oxygens (including phenoxy) is 1. The molecule has 28 heavy (non-hydrogen) atoms. The monoisotopic (exact) mass is 373 g/mol. The van der Waals surface area contributed by atoms with Crippen LogP contribution in [0.15, 0.2) is 65.9 Å². The van der Waals surface area contributed by atoms with Gasteiger partial charge in [-0.05, 0) is 36.4 Å². The minimum atomic E-state index is -0.292. The normalized spacial score (nSPS) is 10.6. The highest BCUT2D eigenvalue weighted by Gasteiger charge is 2.11. The number of aryl methyl sites for hydroxylation is 1. The smallest absolute Gasteiger partial charge is 0.271 e. The van der Waals surface area contributed by atoms with Crippen molar-refractivity contribution in [3.8, 4) is 23.1 Å². The number of nitriles is 1. The van der Waals surface area contributed by atoms with Gasteiger partial charge in [-0.1, -0.05) is 18.2 Å². The number of hydrazone groups is 1. The molecule has 0 saturated carbocycles. The summed E-state index contributed by atoms with van der Waals surface area (Å²) in [6.07, 6.45) is 3.70. The Hall–Kier alpha value is -3.92. The lowest BCUT2D eigenvalue weighted by Crippen LogP contribution is -2.17. The van der Waals surface area contributed by atoms with Crippen molar-refractivity contribution in [2.24, 2.45) is 5.10 Å². The van der Waals surface area contributed by atoms with Crippen LogP contribution in [0, 0.1) is 11.3 Å². The number of rotatable bonds is 7. The van der Waals surface area contributed by atoms with Gasteiger partial charge in [0.05, 0.1) is 32.4 Å².